The molecule has 140 valence electrons. The number of anilines is 1. The average molecular weight is 364 g/mol. The zero-order valence-corrected chi connectivity index (χ0v) is 15.7. The molecule has 1 fully saturated rings. The van der Waals surface area contributed by atoms with Crippen LogP contribution in [0.4, 0.5) is 5.69 Å². The minimum atomic E-state index is -0.203. The van der Waals surface area contributed by atoms with Gasteiger partial charge in [0, 0.05) is 12.0 Å². The molecule has 2 atom stereocenters. The minimum Gasteiger partial charge on any atom is -0.481 e. The van der Waals surface area contributed by atoms with Gasteiger partial charge in [0.1, 0.15) is 0 Å². The van der Waals surface area contributed by atoms with Crippen molar-refractivity contribution in [1.82, 2.24) is 5.32 Å². The molecule has 1 aliphatic heterocycles. The van der Waals surface area contributed by atoms with E-state index in [1.807, 2.05) is 0 Å². The molecule has 5 heteroatoms. The van der Waals surface area contributed by atoms with Crippen LogP contribution in [0.3, 0.4) is 0 Å². The largest absolute Gasteiger partial charge is 0.481 e. The van der Waals surface area contributed by atoms with Crippen molar-refractivity contribution in [2.24, 2.45) is 0 Å². The van der Waals surface area contributed by atoms with Crippen LogP contribution in [0.5, 0.6) is 5.75 Å². The van der Waals surface area contributed by atoms with E-state index in [2.05, 4.69) is 42.7 Å². The molecule has 2 aromatic rings. The molecule has 2 amide bonds. The Labute approximate surface area is 159 Å². The molecule has 0 bridgehead atoms. The van der Waals surface area contributed by atoms with E-state index < -0.39 is 0 Å². The fourth-order valence-corrected chi connectivity index (χ4v) is 4.30. The lowest BCUT2D eigenvalue weighted by molar-refractivity contribution is -0.118. The van der Waals surface area contributed by atoms with Crippen LogP contribution in [-0.4, -0.2) is 24.5 Å². The van der Waals surface area contributed by atoms with Gasteiger partial charge in [0.05, 0.1) is 11.3 Å². The summed E-state index contributed by atoms with van der Waals surface area (Å²) in [7, 11) is 0. The van der Waals surface area contributed by atoms with E-state index in [1.54, 1.807) is 18.2 Å². The second kappa shape index (κ2) is 7.06. The van der Waals surface area contributed by atoms with Crippen molar-refractivity contribution in [2.75, 3.05) is 11.9 Å². The topological polar surface area (TPSA) is 67.4 Å². The van der Waals surface area contributed by atoms with Gasteiger partial charge in [-0.2, -0.15) is 0 Å². The molecule has 1 heterocycles. The van der Waals surface area contributed by atoms with Crippen molar-refractivity contribution in [1.29, 1.82) is 0 Å². The number of rotatable bonds is 3. The van der Waals surface area contributed by atoms with E-state index in [0.29, 0.717) is 22.9 Å². The molecule has 0 aromatic heterocycles. The fourth-order valence-electron chi connectivity index (χ4n) is 4.30. The van der Waals surface area contributed by atoms with Crippen molar-refractivity contribution in [3.8, 4) is 5.75 Å². The number of carbonyl (C=O) groups excluding carboxylic acids is 2. The number of hydrogen-bond acceptors (Lipinski definition) is 3. The van der Waals surface area contributed by atoms with E-state index in [-0.39, 0.29) is 24.5 Å². The first-order valence-corrected chi connectivity index (χ1v) is 9.46. The monoisotopic (exact) mass is 364 g/mol. The molecule has 2 aliphatic rings. The van der Waals surface area contributed by atoms with Gasteiger partial charge < -0.3 is 15.4 Å². The maximum atomic E-state index is 13.0. The summed E-state index contributed by atoms with van der Waals surface area (Å²) in [6.07, 6.45) is 3.14. The third kappa shape index (κ3) is 3.54. The molecule has 0 radical (unpaired) electrons. The molecule has 1 saturated carbocycles. The predicted molar refractivity (Wildman–Crippen MR) is 104 cm³/mol. The van der Waals surface area contributed by atoms with Gasteiger partial charge in [-0.05, 0) is 44.4 Å². The van der Waals surface area contributed by atoms with Crippen molar-refractivity contribution < 1.29 is 14.3 Å². The molecule has 2 N–H and O–H groups in total. The van der Waals surface area contributed by atoms with Gasteiger partial charge in [0.25, 0.3) is 11.8 Å². The summed E-state index contributed by atoms with van der Waals surface area (Å²) in [6, 6.07) is 12.0. The standard InChI is InChI=1S/C22H24N2O3/c1-13-9-14(2)11-15(10-13)16-5-3-7-18(16)24-22(26)17-6-4-8-19-21(17)27-12-20(25)23-19/h4,6,8-11,16,18H,3,5,7,12H2,1-2H3,(H,23,25)(H,24,26)/t16-,18+/m0/s1. The van der Waals surface area contributed by atoms with Crippen molar-refractivity contribution in [2.45, 2.75) is 45.1 Å². The predicted octanol–water partition coefficient (Wildman–Crippen LogP) is 3.70. The molecule has 5 nitrogen and oxygen atoms in total. The highest BCUT2D eigenvalue weighted by atomic mass is 16.5. The van der Waals surface area contributed by atoms with Gasteiger partial charge in [-0.15, -0.1) is 0 Å². The van der Waals surface area contributed by atoms with Gasteiger partial charge in [-0.3, -0.25) is 9.59 Å². The van der Waals surface area contributed by atoms with E-state index in [9.17, 15) is 9.59 Å². The molecule has 27 heavy (non-hydrogen) atoms. The lowest BCUT2D eigenvalue weighted by atomic mass is 9.91. The first-order valence-electron chi connectivity index (χ1n) is 9.46. The van der Waals surface area contributed by atoms with Crippen LogP contribution in [-0.2, 0) is 4.79 Å². The van der Waals surface area contributed by atoms with E-state index in [0.717, 1.165) is 19.3 Å². The lowest BCUT2D eigenvalue weighted by Gasteiger charge is -2.24. The smallest absolute Gasteiger partial charge is 0.262 e. The molecule has 4 rings (SSSR count). The zero-order valence-electron chi connectivity index (χ0n) is 15.7. The van der Waals surface area contributed by atoms with Crippen LogP contribution in [0.15, 0.2) is 36.4 Å². The number of ether oxygens (including phenoxy) is 1. The molecular weight excluding hydrogens is 340 g/mol. The van der Waals surface area contributed by atoms with Crippen LogP contribution in [0.25, 0.3) is 0 Å². The van der Waals surface area contributed by atoms with Crippen LogP contribution in [0.1, 0.15) is 52.2 Å². The van der Waals surface area contributed by atoms with Crippen molar-refractivity contribution >= 4 is 17.5 Å². The lowest BCUT2D eigenvalue weighted by Crippen LogP contribution is -2.37. The normalized spacial score (nSPS) is 21.2. The average Bonchev–Trinajstić information content (AvgIpc) is 3.08. The molecular formula is C22H24N2O3. The summed E-state index contributed by atoms with van der Waals surface area (Å²) in [6.45, 7) is 4.16. The molecule has 0 unspecified atom stereocenters. The number of carbonyl (C=O) groups is 2. The summed E-state index contributed by atoms with van der Waals surface area (Å²) in [5.74, 6) is 0.429. The van der Waals surface area contributed by atoms with E-state index in [4.69, 9.17) is 4.74 Å². The third-order valence-corrected chi connectivity index (χ3v) is 5.39. The highest BCUT2D eigenvalue weighted by molar-refractivity contribution is 6.03. The van der Waals surface area contributed by atoms with Gasteiger partial charge >= 0.3 is 0 Å². The number of benzene rings is 2. The zero-order chi connectivity index (χ0) is 19.0. The summed E-state index contributed by atoms with van der Waals surface area (Å²) >= 11 is 0. The summed E-state index contributed by atoms with van der Waals surface area (Å²) in [5, 5.41) is 5.96. The Hall–Kier alpha value is -2.82. The second-order valence-corrected chi connectivity index (χ2v) is 7.56. The Balaban J connectivity index is 1.56. The fraction of sp³-hybridized carbons (Fsp3) is 0.364. The third-order valence-electron chi connectivity index (χ3n) is 5.39. The Morgan fingerprint density at radius 3 is 2.70 bits per heavy atom. The molecule has 1 aliphatic carbocycles. The number of aryl methyl sites for hydroxylation is 2. The SMILES string of the molecule is Cc1cc(C)cc([C@@H]2CCC[C@H]2NC(=O)c2cccc3c2OCC(=O)N3)c1. The Bertz CT molecular complexity index is 886. The van der Waals surface area contributed by atoms with E-state index in [1.165, 1.54) is 16.7 Å². The molecule has 2 aromatic carbocycles. The van der Waals surface area contributed by atoms with Gasteiger partial charge in [0.2, 0.25) is 0 Å². The first-order chi connectivity index (χ1) is 13.0. The maximum absolute atomic E-state index is 13.0. The quantitative estimate of drug-likeness (QED) is 0.873. The molecule has 0 spiro atoms. The van der Waals surface area contributed by atoms with Crippen LogP contribution in [0, 0.1) is 13.8 Å². The summed E-state index contributed by atoms with van der Waals surface area (Å²) < 4.78 is 5.52. The Kier molecular flexibility index (Phi) is 4.60. The number of amides is 2. The number of fused-ring (bicyclic) bond motifs is 1. The summed E-state index contributed by atoms with van der Waals surface area (Å²) in [4.78, 5) is 24.5. The van der Waals surface area contributed by atoms with E-state index >= 15 is 0 Å². The summed E-state index contributed by atoms with van der Waals surface area (Å²) in [5.41, 5.74) is 4.83. The maximum Gasteiger partial charge on any atom is 0.262 e. The van der Waals surface area contributed by atoms with Crippen LogP contribution in [0.2, 0.25) is 0 Å². The Morgan fingerprint density at radius 2 is 1.93 bits per heavy atom. The first kappa shape index (κ1) is 17.6. The second-order valence-electron chi connectivity index (χ2n) is 7.56. The van der Waals surface area contributed by atoms with Crippen LogP contribution >= 0.6 is 0 Å². The number of hydrogen-bond donors (Lipinski definition) is 2. The van der Waals surface area contributed by atoms with Gasteiger partial charge in [0.15, 0.2) is 12.4 Å². The number of nitrogens with one attached hydrogen (secondary N) is 2. The minimum absolute atomic E-state index is 0.0636. The molecule has 0 saturated heterocycles. The van der Waals surface area contributed by atoms with Crippen molar-refractivity contribution in [3.05, 3.63) is 58.7 Å². The number of para-hydroxylation sites is 1. The highest BCUT2D eigenvalue weighted by Crippen LogP contribution is 2.37. The van der Waals surface area contributed by atoms with Gasteiger partial charge in [-0.1, -0.05) is 41.8 Å². The Morgan fingerprint density at radius 1 is 1.15 bits per heavy atom. The van der Waals surface area contributed by atoms with Crippen LogP contribution < -0.4 is 15.4 Å². The van der Waals surface area contributed by atoms with Gasteiger partial charge in [-0.25, -0.2) is 0 Å². The highest BCUT2D eigenvalue weighted by Gasteiger charge is 2.31. The van der Waals surface area contributed by atoms with Crippen molar-refractivity contribution in [3.63, 3.8) is 0 Å².